The largest absolute Gasteiger partial charge is 0.417 e. The molecular weight excluding hydrogens is 401 g/mol. The van der Waals surface area contributed by atoms with Gasteiger partial charge in [0.15, 0.2) is 0 Å². The number of alkyl halides is 3. The first-order valence-electron chi connectivity index (χ1n) is 9.52. The van der Waals surface area contributed by atoms with Crippen molar-refractivity contribution in [1.82, 2.24) is 20.3 Å². The van der Waals surface area contributed by atoms with Crippen molar-refractivity contribution >= 4 is 17.7 Å². The number of carbonyl (C=O) groups excluding carboxylic acids is 1. The number of amides is 1. The van der Waals surface area contributed by atoms with E-state index in [0.29, 0.717) is 50.8 Å². The van der Waals surface area contributed by atoms with E-state index in [0.717, 1.165) is 12.3 Å². The highest BCUT2D eigenvalue weighted by molar-refractivity contribution is 5.75. The molecule has 8 nitrogen and oxygen atoms in total. The highest BCUT2D eigenvalue weighted by atomic mass is 19.4. The molecule has 0 unspecified atom stereocenters. The maximum absolute atomic E-state index is 13.7. The third-order valence-corrected chi connectivity index (χ3v) is 5.17. The summed E-state index contributed by atoms with van der Waals surface area (Å²) in [5.41, 5.74) is 4.27. The van der Waals surface area contributed by atoms with Gasteiger partial charge in [-0.2, -0.15) is 13.2 Å². The summed E-state index contributed by atoms with van der Waals surface area (Å²) in [4.78, 5) is 26.4. The second kappa shape index (κ2) is 7.38. The average Bonchev–Trinajstić information content (AvgIpc) is 3.47. The summed E-state index contributed by atoms with van der Waals surface area (Å²) in [5, 5.41) is 2.88. The first-order valence-corrected chi connectivity index (χ1v) is 9.52. The SMILES string of the molecule is CC(=O)NC1(c2cc(-c3cnc(N)cc3C(F)(F)F)nc(N3CCOCC3)n2)CC1. The normalized spacial score (nSPS) is 18.2. The molecule has 11 heteroatoms. The van der Waals surface area contributed by atoms with Crippen molar-refractivity contribution in [3.05, 3.63) is 29.6 Å². The Hall–Kier alpha value is -2.95. The highest BCUT2D eigenvalue weighted by Gasteiger charge is 2.47. The van der Waals surface area contributed by atoms with Crippen molar-refractivity contribution in [1.29, 1.82) is 0 Å². The Bertz CT molecular complexity index is 971. The van der Waals surface area contributed by atoms with Gasteiger partial charge in [0.25, 0.3) is 0 Å². The highest BCUT2D eigenvalue weighted by Crippen LogP contribution is 2.46. The quantitative estimate of drug-likeness (QED) is 0.777. The topological polar surface area (TPSA) is 106 Å². The van der Waals surface area contributed by atoms with Crippen LogP contribution < -0.4 is 16.0 Å². The molecule has 2 aromatic rings. The molecule has 3 heterocycles. The van der Waals surface area contributed by atoms with Crippen molar-refractivity contribution in [3.8, 4) is 11.3 Å². The van der Waals surface area contributed by atoms with Gasteiger partial charge in [0.05, 0.1) is 35.7 Å². The average molecular weight is 422 g/mol. The number of morpholine rings is 1. The molecule has 0 bridgehead atoms. The van der Waals surface area contributed by atoms with Crippen LogP contribution in [0.25, 0.3) is 11.3 Å². The van der Waals surface area contributed by atoms with Crippen LogP contribution >= 0.6 is 0 Å². The fraction of sp³-hybridized carbons (Fsp3) is 0.474. The summed E-state index contributed by atoms with van der Waals surface area (Å²) in [6.45, 7) is 3.37. The number of ether oxygens (including phenoxy) is 1. The third kappa shape index (κ3) is 4.02. The second-order valence-electron chi connectivity index (χ2n) is 7.45. The zero-order valence-electron chi connectivity index (χ0n) is 16.3. The Balaban J connectivity index is 1.86. The van der Waals surface area contributed by atoms with Gasteiger partial charge in [0.2, 0.25) is 11.9 Å². The Morgan fingerprint density at radius 2 is 1.93 bits per heavy atom. The lowest BCUT2D eigenvalue weighted by Crippen LogP contribution is -2.39. The zero-order chi connectivity index (χ0) is 21.5. The summed E-state index contributed by atoms with van der Waals surface area (Å²) >= 11 is 0. The molecule has 1 saturated carbocycles. The summed E-state index contributed by atoms with van der Waals surface area (Å²) in [6, 6.07) is 2.29. The Labute approximate surface area is 170 Å². The lowest BCUT2D eigenvalue weighted by atomic mass is 10.0. The number of nitrogens with two attached hydrogens (primary N) is 1. The second-order valence-corrected chi connectivity index (χ2v) is 7.45. The van der Waals surface area contributed by atoms with Gasteiger partial charge in [-0.15, -0.1) is 0 Å². The fourth-order valence-electron chi connectivity index (χ4n) is 3.54. The van der Waals surface area contributed by atoms with E-state index in [1.807, 2.05) is 4.90 Å². The van der Waals surface area contributed by atoms with Gasteiger partial charge in [-0.05, 0) is 25.0 Å². The molecule has 2 fully saturated rings. The first-order chi connectivity index (χ1) is 14.2. The molecule has 30 heavy (non-hydrogen) atoms. The fourth-order valence-corrected chi connectivity index (χ4v) is 3.54. The predicted molar refractivity (Wildman–Crippen MR) is 102 cm³/mol. The number of rotatable bonds is 4. The maximum atomic E-state index is 13.7. The van der Waals surface area contributed by atoms with E-state index in [-0.39, 0.29) is 23.0 Å². The van der Waals surface area contributed by atoms with Crippen molar-refractivity contribution in [2.45, 2.75) is 31.5 Å². The van der Waals surface area contributed by atoms with E-state index in [4.69, 9.17) is 10.5 Å². The first kappa shape index (κ1) is 20.3. The van der Waals surface area contributed by atoms with Crippen LogP contribution in [0.2, 0.25) is 0 Å². The smallest absolute Gasteiger partial charge is 0.384 e. The van der Waals surface area contributed by atoms with E-state index in [2.05, 4.69) is 20.3 Å². The van der Waals surface area contributed by atoms with Crippen LogP contribution in [0.1, 0.15) is 31.0 Å². The molecule has 160 valence electrons. The van der Waals surface area contributed by atoms with Gasteiger partial charge < -0.3 is 20.7 Å². The molecule has 1 aliphatic carbocycles. The molecule has 2 aliphatic rings. The van der Waals surface area contributed by atoms with Gasteiger partial charge in [-0.1, -0.05) is 0 Å². The number of hydrogen-bond acceptors (Lipinski definition) is 7. The number of aromatic nitrogens is 3. The van der Waals surface area contributed by atoms with E-state index >= 15 is 0 Å². The van der Waals surface area contributed by atoms with E-state index < -0.39 is 17.3 Å². The number of anilines is 2. The molecule has 1 amide bonds. The van der Waals surface area contributed by atoms with Gasteiger partial charge in [0.1, 0.15) is 5.82 Å². The minimum absolute atomic E-state index is 0.0814. The Kier molecular flexibility index (Phi) is 5.00. The monoisotopic (exact) mass is 422 g/mol. The van der Waals surface area contributed by atoms with Crippen molar-refractivity contribution in [2.24, 2.45) is 0 Å². The van der Waals surface area contributed by atoms with Crippen LogP contribution in [0.4, 0.5) is 24.9 Å². The lowest BCUT2D eigenvalue weighted by molar-refractivity contribution is -0.137. The number of halogens is 3. The number of hydrogen-bond donors (Lipinski definition) is 2. The van der Waals surface area contributed by atoms with E-state index in [1.165, 1.54) is 13.0 Å². The number of nitrogens with zero attached hydrogens (tertiary/aromatic N) is 4. The molecule has 3 N–H and O–H groups in total. The van der Waals surface area contributed by atoms with Crippen molar-refractivity contribution < 1.29 is 22.7 Å². The van der Waals surface area contributed by atoms with Crippen LogP contribution in [0.15, 0.2) is 18.3 Å². The van der Waals surface area contributed by atoms with Crippen LogP contribution in [-0.2, 0) is 21.2 Å². The molecule has 4 rings (SSSR count). The van der Waals surface area contributed by atoms with Crippen molar-refractivity contribution in [3.63, 3.8) is 0 Å². The van der Waals surface area contributed by atoms with Crippen LogP contribution in [0, 0.1) is 0 Å². The van der Waals surface area contributed by atoms with Crippen LogP contribution in [0.3, 0.4) is 0 Å². The number of carbonyl (C=O) groups is 1. The van der Waals surface area contributed by atoms with E-state index in [9.17, 15) is 18.0 Å². The van der Waals surface area contributed by atoms with Gasteiger partial charge in [-0.3, -0.25) is 4.79 Å². The van der Waals surface area contributed by atoms with Crippen molar-refractivity contribution in [2.75, 3.05) is 36.9 Å². The standard InChI is InChI=1S/C19H21F3N6O2/c1-11(29)27-18(2-3-18)15-9-14(25-17(26-15)28-4-6-30-7-5-28)12-10-24-16(23)8-13(12)19(20,21)22/h8-10H,2-7H2,1H3,(H2,23,24)(H,27,29). The lowest BCUT2D eigenvalue weighted by Gasteiger charge is -2.28. The van der Waals surface area contributed by atoms with Crippen LogP contribution in [-0.4, -0.2) is 47.2 Å². The molecule has 0 radical (unpaired) electrons. The molecule has 1 aliphatic heterocycles. The maximum Gasteiger partial charge on any atom is 0.417 e. The number of nitrogens with one attached hydrogen (secondary N) is 1. The van der Waals surface area contributed by atoms with Gasteiger partial charge >= 0.3 is 6.18 Å². The van der Waals surface area contributed by atoms with E-state index in [1.54, 1.807) is 0 Å². The number of nitrogen functional groups attached to an aromatic ring is 1. The zero-order valence-corrected chi connectivity index (χ0v) is 16.3. The van der Waals surface area contributed by atoms with Gasteiger partial charge in [0, 0.05) is 31.8 Å². The third-order valence-electron chi connectivity index (χ3n) is 5.17. The minimum Gasteiger partial charge on any atom is -0.384 e. The molecule has 0 spiro atoms. The minimum atomic E-state index is -4.63. The van der Waals surface area contributed by atoms with Gasteiger partial charge in [-0.25, -0.2) is 15.0 Å². The number of pyridine rings is 1. The molecule has 2 aromatic heterocycles. The molecule has 1 saturated heterocycles. The van der Waals surface area contributed by atoms with Crippen LogP contribution in [0.5, 0.6) is 0 Å². The summed E-state index contributed by atoms with van der Waals surface area (Å²) in [5.74, 6) is -0.163. The summed E-state index contributed by atoms with van der Waals surface area (Å²) < 4.78 is 46.4. The summed E-state index contributed by atoms with van der Waals surface area (Å²) in [6.07, 6.45) is -2.26. The molecular formula is C19H21F3N6O2. The predicted octanol–water partition coefficient (Wildman–Crippen LogP) is 2.10. The Morgan fingerprint density at radius 3 is 2.53 bits per heavy atom. The Morgan fingerprint density at radius 1 is 1.23 bits per heavy atom. The molecule has 0 aromatic carbocycles. The summed E-state index contributed by atoms with van der Waals surface area (Å²) in [7, 11) is 0. The molecule has 0 atom stereocenters.